The lowest BCUT2D eigenvalue weighted by atomic mass is 9.53. The Morgan fingerprint density at radius 3 is 2.38 bits per heavy atom. The van der Waals surface area contributed by atoms with Crippen molar-refractivity contribution < 1.29 is 14.3 Å². The van der Waals surface area contributed by atoms with Gasteiger partial charge < -0.3 is 20.3 Å². The van der Waals surface area contributed by atoms with Crippen molar-refractivity contribution in [3.63, 3.8) is 0 Å². The normalized spacial score (nSPS) is 34.9. The van der Waals surface area contributed by atoms with E-state index in [1.165, 1.54) is 19.3 Å². The average molecular weight is 398 g/mol. The predicted molar refractivity (Wildman–Crippen MR) is 111 cm³/mol. The molecule has 1 saturated heterocycles. The van der Waals surface area contributed by atoms with E-state index in [0.717, 1.165) is 49.9 Å². The summed E-state index contributed by atoms with van der Waals surface area (Å²) in [6.45, 7) is 0.611. The molecule has 1 aromatic rings. The number of likely N-dealkylation sites (tertiary alicyclic amines) is 1. The van der Waals surface area contributed by atoms with Crippen LogP contribution in [0, 0.1) is 17.8 Å². The van der Waals surface area contributed by atoms with E-state index in [4.69, 9.17) is 4.74 Å². The van der Waals surface area contributed by atoms with Crippen molar-refractivity contribution in [2.75, 3.05) is 19.0 Å². The zero-order valence-corrected chi connectivity index (χ0v) is 17.2. The first-order valence-corrected chi connectivity index (χ1v) is 11.1. The maximum Gasteiger partial charge on any atom is 0.322 e. The van der Waals surface area contributed by atoms with Gasteiger partial charge in [0, 0.05) is 12.1 Å². The molecule has 0 spiro atoms. The molecular weight excluding hydrogens is 366 g/mol. The first kappa shape index (κ1) is 18.8. The topological polar surface area (TPSA) is 70.7 Å². The molecule has 6 rings (SSSR count). The first-order chi connectivity index (χ1) is 14.0. The summed E-state index contributed by atoms with van der Waals surface area (Å²) in [5, 5.41) is 6.38. The summed E-state index contributed by atoms with van der Waals surface area (Å²) in [6.07, 6.45) is 9.04. The third kappa shape index (κ3) is 3.47. The Morgan fingerprint density at radius 1 is 1.07 bits per heavy atom. The van der Waals surface area contributed by atoms with Gasteiger partial charge in [-0.1, -0.05) is 12.1 Å². The number of anilines is 1. The van der Waals surface area contributed by atoms with Crippen molar-refractivity contribution in [2.24, 2.45) is 17.8 Å². The van der Waals surface area contributed by atoms with Gasteiger partial charge in [0.15, 0.2) is 0 Å². The van der Waals surface area contributed by atoms with Crippen molar-refractivity contribution in [1.29, 1.82) is 0 Å². The van der Waals surface area contributed by atoms with Gasteiger partial charge >= 0.3 is 6.03 Å². The molecule has 1 aromatic carbocycles. The SMILES string of the molecule is COc1ccccc1NC(=O)N1CCC[C@H]1C(=O)NC12CC3CC(CC(C3)C1)C2. The number of carbonyl (C=O) groups is 2. The zero-order valence-electron chi connectivity index (χ0n) is 17.2. The largest absolute Gasteiger partial charge is 0.495 e. The van der Waals surface area contributed by atoms with E-state index in [9.17, 15) is 9.59 Å². The molecule has 5 aliphatic rings. The van der Waals surface area contributed by atoms with E-state index in [-0.39, 0.29) is 23.5 Å². The Bertz CT molecular complexity index is 773. The lowest BCUT2D eigenvalue weighted by Crippen LogP contribution is -2.62. The van der Waals surface area contributed by atoms with Gasteiger partial charge in [0.05, 0.1) is 12.8 Å². The average Bonchev–Trinajstić information content (AvgIpc) is 3.17. The summed E-state index contributed by atoms with van der Waals surface area (Å²) in [6, 6.07) is 6.76. The van der Waals surface area contributed by atoms with E-state index in [1.54, 1.807) is 12.0 Å². The third-order valence-electron chi connectivity index (χ3n) is 7.59. The fourth-order valence-corrected chi connectivity index (χ4v) is 6.83. The van der Waals surface area contributed by atoms with Gasteiger partial charge in [-0.3, -0.25) is 4.79 Å². The summed E-state index contributed by atoms with van der Waals surface area (Å²) < 4.78 is 5.33. The Labute approximate surface area is 172 Å². The van der Waals surface area contributed by atoms with Crippen LogP contribution in [-0.2, 0) is 4.79 Å². The summed E-state index contributed by atoms with van der Waals surface area (Å²) in [5.41, 5.74) is 0.617. The van der Waals surface area contributed by atoms with E-state index >= 15 is 0 Å². The fourth-order valence-electron chi connectivity index (χ4n) is 6.83. The van der Waals surface area contributed by atoms with Crippen molar-refractivity contribution in [3.05, 3.63) is 24.3 Å². The molecule has 3 amide bonds. The molecule has 4 aliphatic carbocycles. The highest BCUT2D eigenvalue weighted by Crippen LogP contribution is 2.55. The second-order valence-electron chi connectivity index (χ2n) is 9.67. The molecule has 5 fully saturated rings. The Hall–Kier alpha value is -2.24. The lowest BCUT2D eigenvalue weighted by Gasteiger charge is -2.57. The number of methoxy groups -OCH3 is 1. The molecule has 1 atom stereocenters. The number of benzene rings is 1. The first-order valence-electron chi connectivity index (χ1n) is 11.1. The molecule has 29 heavy (non-hydrogen) atoms. The van der Waals surface area contributed by atoms with Crippen LogP contribution in [0.1, 0.15) is 51.4 Å². The van der Waals surface area contributed by atoms with Gasteiger partial charge in [-0.15, -0.1) is 0 Å². The number of para-hydroxylation sites is 2. The van der Waals surface area contributed by atoms with E-state index in [1.807, 2.05) is 24.3 Å². The standard InChI is InChI=1S/C23H31N3O3/c1-29-20-7-3-2-5-18(20)24-22(28)26-8-4-6-19(26)21(27)25-23-12-15-9-16(13-23)11-17(10-15)14-23/h2-3,5,7,15-17,19H,4,6,8-14H2,1H3,(H,24,28)(H,25,27)/t15?,16?,17?,19-,23?/m0/s1. The minimum atomic E-state index is -0.377. The molecule has 0 radical (unpaired) electrons. The summed E-state index contributed by atoms with van der Waals surface area (Å²) >= 11 is 0. The molecule has 1 aliphatic heterocycles. The Morgan fingerprint density at radius 2 is 1.72 bits per heavy atom. The Balaban J connectivity index is 1.27. The van der Waals surface area contributed by atoms with Crippen LogP contribution >= 0.6 is 0 Å². The number of ether oxygens (including phenoxy) is 1. The molecule has 4 saturated carbocycles. The molecule has 156 valence electrons. The zero-order chi connectivity index (χ0) is 20.0. The maximum atomic E-state index is 13.3. The van der Waals surface area contributed by atoms with Gasteiger partial charge in [0.2, 0.25) is 5.91 Å². The number of hydrogen-bond acceptors (Lipinski definition) is 3. The number of carbonyl (C=O) groups excluding carboxylic acids is 2. The number of nitrogens with zero attached hydrogens (tertiary/aromatic N) is 1. The minimum Gasteiger partial charge on any atom is -0.495 e. The van der Waals surface area contributed by atoms with Gasteiger partial charge in [0.1, 0.15) is 11.8 Å². The third-order valence-corrected chi connectivity index (χ3v) is 7.59. The number of urea groups is 1. The fraction of sp³-hybridized carbons (Fsp3) is 0.652. The minimum absolute atomic E-state index is 0.0147. The number of hydrogen-bond donors (Lipinski definition) is 2. The van der Waals surface area contributed by atoms with E-state index < -0.39 is 0 Å². The maximum absolute atomic E-state index is 13.3. The number of nitrogens with one attached hydrogen (secondary N) is 2. The van der Waals surface area contributed by atoms with Crippen LogP contribution in [0.3, 0.4) is 0 Å². The van der Waals surface area contributed by atoms with Crippen LogP contribution < -0.4 is 15.4 Å². The molecule has 1 heterocycles. The summed E-state index contributed by atoms with van der Waals surface area (Å²) in [7, 11) is 1.59. The van der Waals surface area contributed by atoms with Crippen LogP contribution in [0.25, 0.3) is 0 Å². The van der Waals surface area contributed by atoms with Gasteiger partial charge in [0.25, 0.3) is 0 Å². The number of amides is 3. The smallest absolute Gasteiger partial charge is 0.322 e. The second-order valence-corrected chi connectivity index (χ2v) is 9.67. The summed E-state index contributed by atoms with van der Waals surface area (Å²) in [5.74, 6) is 3.02. The lowest BCUT2D eigenvalue weighted by molar-refractivity contribution is -0.130. The van der Waals surface area contributed by atoms with Crippen LogP contribution in [0.2, 0.25) is 0 Å². The van der Waals surface area contributed by atoms with Gasteiger partial charge in [-0.25, -0.2) is 4.79 Å². The van der Waals surface area contributed by atoms with Crippen LogP contribution in [0.5, 0.6) is 5.75 Å². The molecule has 0 unspecified atom stereocenters. The predicted octanol–water partition coefficient (Wildman–Crippen LogP) is 3.78. The van der Waals surface area contributed by atoms with Crippen LogP contribution in [-0.4, -0.2) is 42.1 Å². The number of rotatable bonds is 4. The van der Waals surface area contributed by atoms with E-state index in [0.29, 0.717) is 18.0 Å². The van der Waals surface area contributed by atoms with Crippen molar-refractivity contribution >= 4 is 17.6 Å². The van der Waals surface area contributed by atoms with E-state index in [2.05, 4.69) is 10.6 Å². The van der Waals surface area contributed by atoms with Crippen molar-refractivity contribution in [1.82, 2.24) is 10.2 Å². The second kappa shape index (κ2) is 7.22. The molecule has 4 bridgehead atoms. The van der Waals surface area contributed by atoms with Gasteiger partial charge in [-0.2, -0.15) is 0 Å². The highest BCUT2D eigenvalue weighted by molar-refractivity contribution is 5.95. The van der Waals surface area contributed by atoms with Crippen molar-refractivity contribution in [2.45, 2.75) is 62.9 Å². The molecule has 6 heteroatoms. The molecule has 2 N–H and O–H groups in total. The molecule has 6 nitrogen and oxygen atoms in total. The molecule has 0 aromatic heterocycles. The monoisotopic (exact) mass is 397 g/mol. The molecular formula is C23H31N3O3. The Kier molecular flexibility index (Phi) is 4.67. The highest BCUT2D eigenvalue weighted by Gasteiger charge is 2.52. The van der Waals surface area contributed by atoms with Crippen LogP contribution in [0.15, 0.2) is 24.3 Å². The quantitative estimate of drug-likeness (QED) is 0.812. The summed E-state index contributed by atoms with van der Waals surface area (Å²) in [4.78, 5) is 27.9. The van der Waals surface area contributed by atoms with Gasteiger partial charge in [-0.05, 0) is 81.3 Å². The highest BCUT2D eigenvalue weighted by atomic mass is 16.5. The van der Waals surface area contributed by atoms with Crippen LogP contribution in [0.4, 0.5) is 10.5 Å². The van der Waals surface area contributed by atoms with Crippen molar-refractivity contribution in [3.8, 4) is 5.75 Å².